The first-order chi connectivity index (χ1) is 8.94. The predicted molar refractivity (Wildman–Crippen MR) is 62.7 cm³/mol. The van der Waals surface area contributed by atoms with Gasteiger partial charge in [-0.15, -0.1) is 0 Å². The molecule has 1 heterocycles. The minimum Gasteiger partial charge on any atom is -0.449 e. The summed E-state index contributed by atoms with van der Waals surface area (Å²) in [5.41, 5.74) is 0. The number of carbonyl (C=O) groups excluding carboxylic acids is 1. The quantitative estimate of drug-likeness (QED) is 0.858. The number of likely N-dealkylation sites (tertiary alicyclic amines) is 1. The second-order valence-corrected chi connectivity index (χ2v) is 5.30. The summed E-state index contributed by atoms with van der Waals surface area (Å²) >= 11 is 0. The zero-order valence-corrected chi connectivity index (χ0v) is 10.7. The van der Waals surface area contributed by atoms with E-state index in [0.29, 0.717) is 38.5 Å². The molecule has 2 fully saturated rings. The van der Waals surface area contributed by atoms with Gasteiger partial charge in [-0.3, -0.25) is 0 Å². The number of hydrogen-bond donors (Lipinski definition) is 1. The summed E-state index contributed by atoms with van der Waals surface area (Å²) in [5, 5.41) is 2.45. The van der Waals surface area contributed by atoms with E-state index >= 15 is 0 Å². The Labute approximate surface area is 110 Å². The molecule has 0 aromatic heterocycles. The van der Waals surface area contributed by atoms with Crippen molar-refractivity contribution in [2.45, 2.75) is 37.9 Å². The van der Waals surface area contributed by atoms with Crippen LogP contribution in [0.1, 0.15) is 25.7 Å². The topological polar surface area (TPSA) is 41.6 Å². The molecule has 2 rings (SSSR count). The molecule has 1 saturated carbocycles. The Morgan fingerprint density at radius 1 is 1.32 bits per heavy atom. The van der Waals surface area contributed by atoms with Crippen LogP contribution in [0.4, 0.5) is 18.0 Å². The summed E-state index contributed by atoms with van der Waals surface area (Å²) in [4.78, 5) is 13.2. The van der Waals surface area contributed by atoms with Crippen LogP contribution >= 0.6 is 0 Å². The largest absolute Gasteiger partial charge is 0.449 e. The van der Waals surface area contributed by atoms with Gasteiger partial charge in [0.25, 0.3) is 0 Å². The SMILES string of the molecule is O=C(OCC1CC1)N1CCCC(NCC(F)(F)F)C1. The van der Waals surface area contributed by atoms with Gasteiger partial charge >= 0.3 is 12.3 Å². The van der Waals surface area contributed by atoms with Gasteiger partial charge in [0.05, 0.1) is 13.2 Å². The summed E-state index contributed by atoms with van der Waals surface area (Å²) in [5.74, 6) is 0.493. The van der Waals surface area contributed by atoms with Crippen LogP contribution in [0.15, 0.2) is 0 Å². The van der Waals surface area contributed by atoms with E-state index in [1.807, 2.05) is 0 Å². The van der Waals surface area contributed by atoms with Gasteiger partial charge in [-0.05, 0) is 31.6 Å². The normalized spacial score (nSPS) is 24.4. The summed E-state index contributed by atoms with van der Waals surface area (Å²) < 4.78 is 41.5. The van der Waals surface area contributed by atoms with Crippen LogP contribution < -0.4 is 5.32 Å². The molecular weight excluding hydrogens is 261 g/mol. The zero-order valence-electron chi connectivity index (χ0n) is 10.7. The van der Waals surface area contributed by atoms with Gasteiger partial charge in [-0.25, -0.2) is 4.79 Å². The van der Waals surface area contributed by atoms with Crippen molar-refractivity contribution in [3.63, 3.8) is 0 Å². The second-order valence-electron chi connectivity index (χ2n) is 5.30. The minimum atomic E-state index is -4.21. The van der Waals surface area contributed by atoms with E-state index in [4.69, 9.17) is 4.74 Å². The number of nitrogens with one attached hydrogen (secondary N) is 1. The van der Waals surface area contributed by atoms with Crippen LogP contribution in [0.2, 0.25) is 0 Å². The molecule has 0 spiro atoms. The highest BCUT2D eigenvalue weighted by Crippen LogP contribution is 2.29. The Hall–Kier alpha value is -0.980. The van der Waals surface area contributed by atoms with Gasteiger partial charge in [0.2, 0.25) is 0 Å². The molecule has 1 amide bonds. The molecule has 1 aliphatic heterocycles. The van der Waals surface area contributed by atoms with Crippen molar-refractivity contribution < 1.29 is 22.7 Å². The number of carbonyl (C=O) groups is 1. The fraction of sp³-hybridized carbons (Fsp3) is 0.917. The number of alkyl halides is 3. The lowest BCUT2D eigenvalue weighted by Crippen LogP contribution is -2.50. The van der Waals surface area contributed by atoms with Crippen LogP contribution in [0, 0.1) is 5.92 Å². The summed E-state index contributed by atoms with van der Waals surface area (Å²) in [6, 6.07) is -0.302. The number of amides is 1. The number of piperidine rings is 1. The monoisotopic (exact) mass is 280 g/mol. The molecule has 1 unspecified atom stereocenters. The molecule has 0 aromatic carbocycles. The molecule has 110 valence electrons. The van der Waals surface area contributed by atoms with Crippen molar-refractivity contribution in [2.24, 2.45) is 5.92 Å². The molecule has 1 aliphatic carbocycles. The minimum absolute atomic E-state index is 0.291. The first kappa shape index (κ1) is 14.4. The van der Waals surface area contributed by atoms with Gasteiger partial charge in [-0.2, -0.15) is 13.2 Å². The number of ether oxygens (including phenoxy) is 1. The lowest BCUT2D eigenvalue weighted by Gasteiger charge is -2.32. The number of nitrogens with zero attached hydrogens (tertiary/aromatic N) is 1. The third kappa shape index (κ3) is 5.26. The maximum atomic E-state index is 12.1. The molecule has 1 saturated heterocycles. The Morgan fingerprint density at radius 2 is 2.05 bits per heavy atom. The highest BCUT2D eigenvalue weighted by atomic mass is 19.4. The molecule has 1 atom stereocenters. The van der Waals surface area contributed by atoms with E-state index in [1.165, 1.54) is 4.90 Å². The van der Waals surface area contributed by atoms with E-state index in [-0.39, 0.29) is 6.04 Å². The van der Waals surface area contributed by atoms with E-state index < -0.39 is 18.8 Å². The van der Waals surface area contributed by atoms with Crippen molar-refractivity contribution >= 4 is 6.09 Å². The molecule has 7 heteroatoms. The number of hydrogen-bond acceptors (Lipinski definition) is 3. The lowest BCUT2D eigenvalue weighted by atomic mass is 10.1. The van der Waals surface area contributed by atoms with Gasteiger partial charge in [0.1, 0.15) is 0 Å². The third-order valence-electron chi connectivity index (χ3n) is 3.41. The van der Waals surface area contributed by atoms with Gasteiger partial charge in [0, 0.05) is 19.1 Å². The first-order valence-corrected chi connectivity index (χ1v) is 6.66. The molecule has 1 N–H and O–H groups in total. The Morgan fingerprint density at radius 3 is 2.68 bits per heavy atom. The first-order valence-electron chi connectivity index (χ1n) is 6.66. The second kappa shape index (κ2) is 5.98. The van der Waals surface area contributed by atoms with E-state index in [0.717, 1.165) is 12.8 Å². The fourth-order valence-corrected chi connectivity index (χ4v) is 2.13. The van der Waals surface area contributed by atoms with Gasteiger partial charge in [0.15, 0.2) is 0 Å². The average molecular weight is 280 g/mol. The molecule has 4 nitrogen and oxygen atoms in total. The summed E-state index contributed by atoms with van der Waals surface area (Å²) in [6.45, 7) is 0.284. The predicted octanol–water partition coefficient (Wildman–Crippen LogP) is 2.15. The third-order valence-corrected chi connectivity index (χ3v) is 3.41. The van der Waals surface area contributed by atoms with Gasteiger partial charge < -0.3 is 15.0 Å². The van der Waals surface area contributed by atoms with E-state index in [9.17, 15) is 18.0 Å². The van der Waals surface area contributed by atoms with Crippen LogP contribution in [-0.2, 0) is 4.74 Å². The van der Waals surface area contributed by atoms with Crippen LogP contribution in [0.5, 0.6) is 0 Å². The van der Waals surface area contributed by atoms with E-state index in [2.05, 4.69) is 5.32 Å². The smallest absolute Gasteiger partial charge is 0.409 e. The van der Waals surface area contributed by atoms with Crippen molar-refractivity contribution in [3.05, 3.63) is 0 Å². The molecule has 0 aromatic rings. The average Bonchev–Trinajstić information content (AvgIpc) is 3.17. The lowest BCUT2D eigenvalue weighted by molar-refractivity contribution is -0.126. The highest BCUT2D eigenvalue weighted by molar-refractivity contribution is 5.67. The van der Waals surface area contributed by atoms with Crippen LogP contribution in [0.25, 0.3) is 0 Å². The molecular formula is C12H19F3N2O2. The molecule has 19 heavy (non-hydrogen) atoms. The van der Waals surface area contributed by atoms with Crippen molar-refractivity contribution in [1.82, 2.24) is 10.2 Å². The molecule has 2 aliphatic rings. The maximum Gasteiger partial charge on any atom is 0.409 e. The summed E-state index contributed by atoms with van der Waals surface area (Å²) in [7, 11) is 0. The Bertz CT molecular complexity index is 319. The van der Waals surface area contributed by atoms with Crippen LogP contribution in [0.3, 0.4) is 0 Å². The Balaban J connectivity index is 1.71. The van der Waals surface area contributed by atoms with Crippen LogP contribution in [-0.4, -0.2) is 49.5 Å². The maximum absolute atomic E-state index is 12.1. The number of rotatable bonds is 4. The summed E-state index contributed by atoms with van der Waals surface area (Å²) in [6.07, 6.45) is -1.05. The molecule has 0 radical (unpaired) electrons. The zero-order chi connectivity index (χ0) is 13.9. The van der Waals surface area contributed by atoms with Crippen molar-refractivity contribution in [1.29, 1.82) is 0 Å². The molecule has 0 bridgehead atoms. The number of halogens is 3. The highest BCUT2D eigenvalue weighted by Gasteiger charge is 2.31. The van der Waals surface area contributed by atoms with Crippen molar-refractivity contribution in [2.75, 3.05) is 26.2 Å². The van der Waals surface area contributed by atoms with Crippen molar-refractivity contribution in [3.8, 4) is 0 Å². The fourth-order valence-electron chi connectivity index (χ4n) is 2.13. The van der Waals surface area contributed by atoms with Gasteiger partial charge in [-0.1, -0.05) is 0 Å². The standard InChI is InChI=1S/C12H19F3N2O2/c13-12(14,15)8-16-10-2-1-5-17(6-10)11(18)19-7-9-3-4-9/h9-10,16H,1-8H2. The Kier molecular flexibility index (Phi) is 4.54. The van der Waals surface area contributed by atoms with E-state index in [1.54, 1.807) is 0 Å².